The van der Waals surface area contributed by atoms with Gasteiger partial charge in [-0.15, -0.1) is 25.1 Å². The Kier molecular flexibility index (Phi) is 3.34. The maximum Gasteiger partial charge on any atom is 0.289 e. The van der Waals surface area contributed by atoms with E-state index in [1.54, 1.807) is 19.2 Å². The van der Waals surface area contributed by atoms with E-state index in [2.05, 4.69) is 35.5 Å². The summed E-state index contributed by atoms with van der Waals surface area (Å²) in [5.41, 5.74) is 1.58. The first-order chi connectivity index (χ1) is 11.3. The average Bonchev–Trinajstić information content (AvgIpc) is 3.16. The summed E-state index contributed by atoms with van der Waals surface area (Å²) in [5.74, 6) is 0.361. The number of aromatic amines is 1. The second-order valence-electron chi connectivity index (χ2n) is 6.04. The van der Waals surface area contributed by atoms with Crippen molar-refractivity contribution in [2.75, 3.05) is 0 Å². The average molecular weight is 323 g/mol. The smallest absolute Gasteiger partial charge is 0.277 e. The molecule has 11 heteroatoms. The monoisotopic (exact) mass is 323 g/mol. The molecule has 3 aromatic heterocycles. The fourth-order valence-corrected chi connectivity index (χ4v) is 2.11. The topological polar surface area (TPSA) is 149 Å². The van der Waals surface area contributed by atoms with Crippen LogP contribution >= 0.6 is 0 Å². The van der Waals surface area contributed by atoms with Crippen molar-refractivity contribution in [3.63, 3.8) is 0 Å². The second-order valence-corrected chi connectivity index (χ2v) is 6.04. The van der Waals surface area contributed by atoms with Crippen molar-refractivity contribution in [1.29, 1.82) is 10.5 Å². The van der Waals surface area contributed by atoms with Crippen LogP contribution in [0.25, 0.3) is 5.65 Å². The summed E-state index contributed by atoms with van der Waals surface area (Å²) in [6.07, 6.45) is 1.71. The molecule has 0 atom stereocenters. The van der Waals surface area contributed by atoms with Gasteiger partial charge in [0.1, 0.15) is 11.9 Å². The molecule has 3 aromatic rings. The van der Waals surface area contributed by atoms with Crippen molar-refractivity contribution in [3.05, 3.63) is 17.3 Å². The van der Waals surface area contributed by atoms with Gasteiger partial charge in [0.15, 0.2) is 5.69 Å². The van der Waals surface area contributed by atoms with Gasteiger partial charge in [0, 0.05) is 5.41 Å². The first kappa shape index (κ1) is 15.3. The minimum atomic E-state index is -0.248. The summed E-state index contributed by atoms with van der Waals surface area (Å²) < 4.78 is 2.32. The highest BCUT2D eigenvalue weighted by Gasteiger charge is 2.25. The number of hydrogen-bond acceptors (Lipinski definition) is 8. The molecule has 0 unspecified atom stereocenters. The number of nitrogens with one attached hydrogen (secondary N) is 1. The van der Waals surface area contributed by atoms with Gasteiger partial charge < -0.3 is 0 Å². The van der Waals surface area contributed by atoms with Crippen LogP contribution in [0.4, 0.5) is 11.6 Å². The lowest BCUT2D eigenvalue weighted by atomic mass is 9.91. The number of aromatic nitrogens is 7. The molecule has 0 saturated heterocycles. The van der Waals surface area contributed by atoms with Crippen molar-refractivity contribution < 1.29 is 0 Å². The highest BCUT2D eigenvalue weighted by atomic mass is 15.5. The molecule has 0 aliphatic carbocycles. The Morgan fingerprint density at radius 3 is 2.46 bits per heavy atom. The molecule has 0 spiro atoms. The van der Waals surface area contributed by atoms with Crippen LogP contribution in [0, 0.1) is 29.7 Å². The third-order valence-electron chi connectivity index (χ3n) is 3.16. The predicted octanol–water partition coefficient (Wildman–Crippen LogP) is 1.87. The number of hydrogen-bond donors (Lipinski definition) is 1. The minimum Gasteiger partial charge on any atom is -0.277 e. The van der Waals surface area contributed by atoms with E-state index in [0.29, 0.717) is 17.2 Å². The third-order valence-corrected chi connectivity index (χ3v) is 3.16. The predicted molar refractivity (Wildman–Crippen MR) is 80.7 cm³/mol. The Morgan fingerprint density at radius 1 is 1.12 bits per heavy atom. The van der Waals surface area contributed by atoms with Gasteiger partial charge in [0.05, 0.1) is 5.69 Å². The SMILES string of the molecule is Cc1nc2c(N=Nc3nc(C#N)n(C#N)n3)c(C(C)(C)C)[nH]n2n1. The fraction of sp³-hybridized carbons (Fsp3) is 0.385. The quantitative estimate of drug-likeness (QED) is 0.711. The Balaban J connectivity index is 2.10. The zero-order chi connectivity index (χ0) is 17.5. The number of azo groups is 1. The normalized spacial score (nSPS) is 11.9. The summed E-state index contributed by atoms with van der Waals surface area (Å²) >= 11 is 0. The van der Waals surface area contributed by atoms with E-state index in [4.69, 9.17) is 10.5 Å². The Labute approximate surface area is 136 Å². The molecule has 24 heavy (non-hydrogen) atoms. The standard InChI is InChI=1S/C13H13N11/c1-7-16-11-9(10(13(2,3)4)21-24(11)20-7)18-19-12-17-8(5-14)23(6-15)22-12/h21H,1-4H3. The van der Waals surface area contributed by atoms with Crippen LogP contribution in [-0.4, -0.2) is 34.6 Å². The zero-order valence-corrected chi connectivity index (χ0v) is 13.5. The van der Waals surface area contributed by atoms with E-state index in [9.17, 15) is 0 Å². The van der Waals surface area contributed by atoms with E-state index in [1.807, 2.05) is 20.8 Å². The maximum absolute atomic E-state index is 8.89. The number of H-pyrrole nitrogens is 1. The summed E-state index contributed by atoms with van der Waals surface area (Å²) in [7, 11) is 0. The van der Waals surface area contributed by atoms with Crippen LogP contribution in [0.15, 0.2) is 10.2 Å². The largest absolute Gasteiger partial charge is 0.289 e. The Bertz CT molecular complexity index is 994. The summed E-state index contributed by atoms with van der Waals surface area (Å²) in [5, 5.41) is 37.0. The number of fused-ring (bicyclic) bond motifs is 1. The molecule has 3 heterocycles. The molecule has 1 N–H and O–H groups in total. The molecule has 0 aliphatic heterocycles. The van der Waals surface area contributed by atoms with Crippen LogP contribution < -0.4 is 0 Å². The van der Waals surface area contributed by atoms with E-state index in [1.165, 1.54) is 4.63 Å². The first-order valence-corrected chi connectivity index (χ1v) is 6.98. The van der Waals surface area contributed by atoms with Gasteiger partial charge >= 0.3 is 0 Å². The molecule has 0 saturated carbocycles. The molecular weight excluding hydrogens is 310 g/mol. The van der Waals surface area contributed by atoms with Crippen molar-refractivity contribution in [1.82, 2.24) is 34.6 Å². The highest BCUT2D eigenvalue weighted by Crippen LogP contribution is 2.34. The van der Waals surface area contributed by atoms with Gasteiger partial charge in [-0.3, -0.25) is 5.10 Å². The van der Waals surface area contributed by atoms with E-state index >= 15 is 0 Å². The van der Waals surface area contributed by atoms with Crippen molar-refractivity contribution >= 4 is 17.3 Å². The van der Waals surface area contributed by atoms with Gasteiger partial charge in [-0.2, -0.15) is 20.1 Å². The lowest BCUT2D eigenvalue weighted by Crippen LogP contribution is -2.12. The Morgan fingerprint density at radius 2 is 1.88 bits per heavy atom. The molecule has 0 aromatic carbocycles. The van der Waals surface area contributed by atoms with Gasteiger partial charge in [-0.1, -0.05) is 20.8 Å². The number of aryl methyl sites for hydroxylation is 1. The van der Waals surface area contributed by atoms with Crippen molar-refractivity contribution in [2.45, 2.75) is 33.1 Å². The summed E-state index contributed by atoms with van der Waals surface area (Å²) in [4.78, 5) is 8.16. The maximum atomic E-state index is 8.89. The lowest BCUT2D eigenvalue weighted by molar-refractivity contribution is 0.557. The zero-order valence-electron chi connectivity index (χ0n) is 13.5. The van der Waals surface area contributed by atoms with E-state index < -0.39 is 0 Å². The number of nitriles is 2. The van der Waals surface area contributed by atoms with Gasteiger partial charge in [-0.05, 0) is 6.92 Å². The van der Waals surface area contributed by atoms with Crippen LogP contribution in [-0.2, 0) is 5.41 Å². The molecule has 120 valence electrons. The third kappa shape index (κ3) is 2.48. The minimum absolute atomic E-state index is 0.0800. The second kappa shape index (κ2) is 5.24. The van der Waals surface area contributed by atoms with Gasteiger partial charge in [0.25, 0.3) is 5.95 Å². The first-order valence-electron chi connectivity index (χ1n) is 6.98. The molecule has 11 nitrogen and oxygen atoms in total. The van der Waals surface area contributed by atoms with Crippen LogP contribution in [0.5, 0.6) is 0 Å². The molecule has 3 rings (SSSR count). The van der Waals surface area contributed by atoms with Gasteiger partial charge in [-0.25, -0.2) is 4.98 Å². The van der Waals surface area contributed by atoms with Crippen LogP contribution in [0.3, 0.4) is 0 Å². The van der Waals surface area contributed by atoms with Crippen LogP contribution in [0.2, 0.25) is 0 Å². The van der Waals surface area contributed by atoms with Crippen LogP contribution in [0.1, 0.15) is 38.1 Å². The number of nitrogens with zero attached hydrogens (tertiary/aromatic N) is 10. The van der Waals surface area contributed by atoms with Crippen molar-refractivity contribution in [2.24, 2.45) is 10.2 Å². The lowest BCUT2D eigenvalue weighted by Gasteiger charge is -2.16. The molecule has 0 amide bonds. The Hall–Kier alpha value is -3.60. The highest BCUT2D eigenvalue weighted by molar-refractivity contribution is 5.67. The molecule has 0 aliphatic rings. The fourth-order valence-electron chi connectivity index (χ4n) is 2.11. The summed E-state index contributed by atoms with van der Waals surface area (Å²) in [6, 6.07) is 1.76. The van der Waals surface area contributed by atoms with Gasteiger partial charge in [0.2, 0.25) is 17.7 Å². The summed E-state index contributed by atoms with van der Waals surface area (Å²) in [6.45, 7) is 7.82. The van der Waals surface area contributed by atoms with E-state index in [0.717, 1.165) is 10.4 Å². The molecular formula is C13H13N11. The molecule has 0 fully saturated rings. The van der Waals surface area contributed by atoms with Crippen molar-refractivity contribution in [3.8, 4) is 12.3 Å². The number of rotatable bonds is 2. The van der Waals surface area contributed by atoms with E-state index in [-0.39, 0.29) is 17.2 Å². The molecule has 0 radical (unpaired) electrons. The molecule has 0 bridgehead atoms.